The highest BCUT2D eigenvalue weighted by molar-refractivity contribution is 5.18. The molecule has 420 valence electrons. The smallest absolute Gasteiger partial charge is 0.187 e. The molecule has 10 rings (SSSR count). The average molecular weight is 1050 g/mol. The predicted molar refractivity (Wildman–Crippen MR) is 247 cm³/mol. The van der Waals surface area contributed by atoms with Crippen molar-refractivity contribution in [2.75, 3.05) is 33.0 Å². The number of fused-ring (bicyclic) bond motifs is 7. The maximum absolute atomic E-state index is 12.2. The Labute approximate surface area is 425 Å². The van der Waals surface area contributed by atoms with Gasteiger partial charge >= 0.3 is 0 Å². The van der Waals surface area contributed by atoms with Crippen LogP contribution in [0.1, 0.15) is 91.9 Å². The highest BCUT2D eigenvalue weighted by Crippen LogP contribution is 2.73. The minimum Gasteiger partial charge on any atom is -0.394 e. The van der Waals surface area contributed by atoms with Gasteiger partial charge in [-0.05, 0) is 122 Å². The number of aliphatic hydroxyl groups is 13. The number of rotatable bonds is 11. The highest BCUT2D eigenvalue weighted by atomic mass is 16.8. The zero-order valence-electron chi connectivity index (χ0n) is 42.3. The fourth-order valence-corrected chi connectivity index (χ4v) is 16.7. The molecule has 5 saturated carbocycles. The van der Waals surface area contributed by atoms with E-state index in [4.69, 9.17) is 42.6 Å². The van der Waals surface area contributed by atoms with Crippen LogP contribution >= 0.6 is 0 Å². The van der Waals surface area contributed by atoms with E-state index in [0.717, 1.165) is 45.1 Å². The van der Waals surface area contributed by atoms with Crippen LogP contribution in [0.5, 0.6) is 0 Å². The van der Waals surface area contributed by atoms with Crippen LogP contribution in [0.3, 0.4) is 0 Å². The van der Waals surface area contributed by atoms with Crippen LogP contribution in [0.2, 0.25) is 0 Å². The molecular formula is C51H84O22. The number of aliphatic hydroxyl groups excluding tert-OH is 13. The summed E-state index contributed by atoms with van der Waals surface area (Å²) in [7, 11) is 0. The first-order valence-electron chi connectivity index (χ1n) is 27.2. The van der Waals surface area contributed by atoms with Crippen LogP contribution in [0.15, 0.2) is 0 Å². The third kappa shape index (κ3) is 9.50. The molecule has 10 fully saturated rings. The summed E-state index contributed by atoms with van der Waals surface area (Å²) in [6.07, 6.45) is -24.8. The first-order chi connectivity index (χ1) is 34.7. The summed E-state index contributed by atoms with van der Waals surface area (Å²) in [5, 5.41) is 141. The van der Waals surface area contributed by atoms with Crippen LogP contribution in [0.25, 0.3) is 0 Å². The minimum absolute atomic E-state index is 0.00368. The summed E-state index contributed by atoms with van der Waals surface area (Å²) >= 11 is 0. The molecule has 10 aliphatic rings. The van der Waals surface area contributed by atoms with Crippen molar-refractivity contribution >= 4 is 0 Å². The Bertz CT molecular complexity index is 1860. The second kappa shape index (κ2) is 21.3. The maximum atomic E-state index is 12.2. The van der Waals surface area contributed by atoms with E-state index in [1.54, 1.807) is 0 Å². The molecule has 32 atom stereocenters. The first kappa shape index (κ1) is 55.4. The monoisotopic (exact) mass is 1050 g/mol. The molecule has 5 heterocycles. The molecular weight excluding hydrogens is 965 g/mol. The van der Waals surface area contributed by atoms with E-state index in [-0.39, 0.29) is 22.3 Å². The van der Waals surface area contributed by atoms with Crippen molar-refractivity contribution < 1.29 is 109 Å². The first-order valence-corrected chi connectivity index (χ1v) is 27.2. The Morgan fingerprint density at radius 3 is 1.81 bits per heavy atom. The van der Waals surface area contributed by atoms with Crippen LogP contribution in [-0.2, 0) is 42.6 Å². The lowest BCUT2D eigenvalue weighted by atomic mass is 9.43. The molecule has 0 amide bonds. The summed E-state index contributed by atoms with van der Waals surface area (Å²) in [5.41, 5.74) is 0.0511. The van der Waals surface area contributed by atoms with E-state index in [2.05, 4.69) is 27.7 Å². The Morgan fingerprint density at radius 2 is 1.11 bits per heavy atom. The largest absolute Gasteiger partial charge is 0.394 e. The molecule has 0 aromatic carbocycles. The van der Waals surface area contributed by atoms with Crippen molar-refractivity contribution in [3.05, 3.63) is 0 Å². The van der Waals surface area contributed by atoms with Crippen molar-refractivity contribution in [3.8, 4) is 0 Å². The van der Waals surface area contributed by atoms with Gasteiger partial charge in [-0.15, -0.1) is 0 Å². The van der Waals surface area contributed by atoms with Gasteiger partial charge in [-0.2, -0.15) is 0 Å². The summed E-state index contributed by atoms with van der Waals surface area (Å²) < 4.78 is 54.5. The van der Waals surface area contributed by atoms with Gasteiger partial charge in [-0.1, -0.05) is 27.7 Å². The molecule has 0 bridgehead atoms. The van der Waals surface area contributed by atoms with Crippen molar-refractivity contribution in [2.24, 2.45) is 58.2 Å². The van der Waals surface area contributed by atoms with Crippen molar-refractivity contribution in [1.29, 1.82) is 0 Å². The van der Waals surface area contributed by atoms with Gasteiger partial charge in [-0.3, -0.25) is 0 Å². The fraction of sp³-hybridized carbons (Fsp3) is 1.00. The van der Waals surface area contributed by atoms with Gasteiger partial charge in [0, 0.05) is 6.61 Å². The van der Waals surface area contributed by atoms with Crippen LogP contribution in [0.4, 0.5) is 0 Å². The second-order valence-electron chi connectivity index (χ2n) is 24.6. The van der Waals surface area contributed by atoms with Crippen molar-refractivity contribution in [3.63, 3.8) is 0 Å². The molecule has 5 saturated heterocycles. The molecule has 22 heteroatoms. The molecule has 13 N–H and O–H groups in total. The molecule has 5 aliphatic carbocycles. The third-order valence-electron chi connectivity index (χ3n) is 20.7. The minimum atomic E-state index is -2.01. The van der Waals surface area contributed by atoms with E-state index in [1.165, 1.54) is 12.8 Å². The van der Waals surface area contributed by atoms with E-state index >= 15 is 0 Å². The van der Waals surface area contributed by atoms with E-state index in [1.807, 2.05) is 0 Å². The summed E-state index contributed by atoms with van der Waals surface area (Å²) in [6.45, 7) is 7.44. The average Bonchev–Trinajstić information content (AvgIpc) is 3.82. The zero-order valence-corrected chi connectivity index (χ0v) is 42.3. The molecule has 73 heavy (non-hydrogen) atoms. The predicted octanol–water partition coefficient (Wildman–Crippen LogP) is -2.64. The van der Waals surface area contributed by atoms with Gasteiger partial charge in [-0.25, -0.2) is 0 Å². The zero-order chi connectivity index (χ0) is 52.2. The van der Waals surface area contributed by atoms with Crippen LogP contribution in [-0.4, -0.2) is 234 Å². The van der Waals surface area contributed by atoms with Crippen LogP contribution in [0, 0.1) is 58.2 Å². The number of hydrogen-bond acceptors (Lipinski definition) is 22. The fourth-order valence-electron chi connectivity index (χ4n) is 16.7. The van der Waals surface area contributed by atoms with Gasteiger partial charge in [0.2, 0.25) is 0 Å². The topological polar surface area (TPSA) is 346 Å². The summed E-state index contributed by atoms with van der Waals surface area (Å²) in [4.78, 5) is 0. The second-order valence-corrected chi connectivity index (χ2v) is 24.6. The van der Waals surface area contributed by atoms with E-state index in [0.29, 0.717) is 54.3 Å². The van der Waals surface area contributed by atoms with Gasteiger partial charge < -0.3 is 109 Å². The molecule has 0 aromatic heterocycles. The van der Waals surface area contributed by atoms with Gasteiger partial charge in [0.05, 0.1) is 44.2 Å². The maximum Gasteiger partial charge on any atom is 0.187 e. The molecule has 0 radical (unpaired) electrons. The lowest BCUT2D eigenvalue weighted by Crippen LogP contribution is -2.68. The Kier molecular flexibility index (Phi) is 16.2. The van der Waals surface area contributed by atoms with Gasteiger partial charge in [0.25, 0.3) is 0 Å². The Morgan fingerprint density at radius 1 is 0.493 bits per heavy atom. The molecule has 5 aliphatic heterocycles. The number of hydrogen-bond donors (Lipinski definition) is 13. The lowest BCUT2D eigenvalue weighted by molar-refractivity contribution is -0.404. The SMILES string of the molecule is CC1CC[C@]2(C[C@H]3CC4C5C[C@@H](O)C6C[C@@H](O[C@@H]7O[C@H](CO)[C@H](O[C@@H]8O[C@H](CO)[C@@H](O)[C@H](O[C@@H]9OC[C@@H](O)[C@H](O)[C@H]9O)[C@H]8O[C@@H]8O[C@H](CO)[C@@H](O)[C@H](O)[C@H]8O)[C@H](O)[C@H]7O)CC[C@]6(C)C5CC[C@]4(C)C3C2C)OC1. The van der Waals surface area contributed by atoms with Crippen molar-refractivity contribution in [2.45, 2.75) is 226 Å². The Balaban J connectivity index is 0.822. The molecule has 1 spiro atoms. The number of ether oxygens (including phenoxy) is 9. The lowest BCUT2D eigenvalue weighted by Gasteiger charge is -2.62. The van der Waals surface area contributed by atoms with E-state index < -0.39 is 155 Å². The highest BCUT2D eigenvalue weighted by Gasteiger charge is 2.69. The van der Waals surface area contributed by atoms with Crippen LogP contribution < -0.4 is 0 Å². The quantitative estimate of drug-likeness (QED) is 0.0941. The van der Waals surface area contributed by atoms with Gasteiger partial charge in [0.1, 0.15) is 91.6 Å². The molecule has 22 nitrogen and oxygen atoms in total. The Hall–Kier alpha value is -0.880. The summed E-state index contributed by atoms with van der Waals surface area (Å²) in [5.74, 6) is 3.67. The standard InChI is InChI=1S/C51H84O22/c1-20-5-10-51(66-18-20)14-22-11-26-24-13-28(55)27-12-23(6-8-49(27,3)25(24)7-9-50(26,4)33(22)21(51)2)67-46-41(64)38(61)42(32(17-54)70-46)71-48-44(73-47-40(63)37(60)35(58)30(15-52)68-47)43(36(59)31(16-53)69-48)72-45-39(62)34(57)29(56)19-65-45/h20-48,52-64H,5-19H2,1-4H3/t20?,21?,22-,23+,24?,25?,26?,27?,28-,29-,30-,31-,32-,33?,34+,35-,36-,37+,38-,39-,40-,41-,42+,43+,44-,45+,46-,47+,48+,49-,50+,51-/m1/s1. The molecule has 7 unspecified atom stereocenters. The summed E-state index contributed by atoms with van der Waals surface area (Å²) in [6, 6.07) is 0. The molecule has 0 aromatic rings. The third-order valence-corrected chi connectivity index (χ3v) is 20.7. The van der Waals surface area contributed by atoms with Crippen molar-refractivity contribution in [1.82, 2.24) is 0 Å². The normalized spacial score (nSPS) is 58.2. The van der Waals surface area contributed by atoms with E-state index in [9.17, 15) is 66.4 Å². The van der Waals surface area contributed by atoms with Gasteiger partial charge in [0.15, 0.2) is 25.2 Å².